The Bertz CT molecular complexity index is 872. The zero-order valence-electron chi connectivity index (χ0n) is 13.2. The zero-order valence-corrected chi connectivity index (χ0v) is 14.8. The SMILES string of the molecule is O=c1[nH]c(=S)[nH]c2c1[C@H](CCc1cccc(Cl)c1)O[C@H](C1CC1)C2. The van der Waals surface area contributed by atoms with E-state index >= 15 is 0 Å². The summed E-state index contributed by atoms with van der Waals surface area (Å²) in [5.41, 5.74) is 2.69. The van der Waals surface area contributed by atoms with Gasteiger partial charge in [0.05, 0.1) is 17.8 Å². The van der Waals surface area contributed by atoms with Crippen LogP contribution >= 0.6 is 23.8 Å². The van der Waals surface area contributed by atoms with Crippen LogP contribution in [-0.2, 0) is 17.6 Å². The number of hydrogen-bond donors (Lipinski definition) is 2. The van der Waals surface area contributed by atoms with Crippen molar-refractivity contribution in [3.05, 3.63) is 61.2 Å². The highest BCUT2D eigenvalue weighted by molar-refractivity contribution is 7.71. The smallest absolute Gasteiger partial charge is 0.257 e. The summed E-state index contributed by atoms with van der Waals surface area (Å²) >= 11 is 11.2. The van der Waals surface area contributed by atoms with E-state index in [1.807, 2.05) is 18.2 Å². The van der Waals surface area contributed by atoms with Crippen LogP contribution in [0.1, 0.15) is 42.2 Å². The van der Waals surface area contributed by atoms with Crippen molar-refractivity contribution in [1.82, 2.24) is 9.97 Å². The quantitative estimate of drug-likeness (QED) is 0.804. The molecule has 126 valence electrons. The maximum atomic E-state index is 12.4. The van der Waals surface area contributed by atoms with Crippen LogP contribution in [0.3, 0.4) is 0 Å². The van der Waals surface area contributed by atoms with Crippen molar-refractivity contribution in [3.63, 3.8) is 0 Å². The molecule has 1 saturated carbocycles. The first-order valence-corrected chi connectivity index (χ1v) is 9.14. The third-order valence-electron chi connectivity index (χ3n) is 4.86. The predicted octanol–water partition coefficient (Wildman–Crippen LogP) is 4.11. The van der Waals surface area contributed by atoms with Gasteiger partial charge in [0.15, 0.2) is 4.77 Å². The van der Waals surface area contributed by atoms with Gasteiger partial charge in [-0.15, -0.1) is 0 Å². The van der Waals surface area contributed by atoms with E-state index in [2.05, 4.69) is 16.0 Å². The van der Waals surface area contributed by atoms with E-state index in [-0.39, 0.29) is 17.8 Å². The first-order chi connectivity index (χ1) is 11.6. The third-order valence-corrected chi connectivity index (χ3v) is 5.30. The number of fused-ring (bicyclic) bond motifs is 1. The molecule has 2 heterocycles. The largest absolute Gasteiger partial charge is 0.369 e. The third kappa shape index (κ3) is 3.34. The van der Waals surface area contributed by atoms with E-state index in [9.17, 15) is 4.79 Å². The van der Waals surface area contributed by atoms with Crippen LogP contribution in [-0.4, -0.2) is 16.1 Å². The second-order valence-corrected chi connectivity index (χ2v) is 7.52. The molecule has 1 aromatic heterocycles. The van der Waals surface area contributed by atoms with E-state index in [1.165, 1.54) is 12.8 Å². The van der Waals surface area contributed by atoms with Gasteiger partial charge in [0, 0.05) is 17.1 Å². The van der Waals surface area contributed by atoms with E-state index < -0.39 is 0 Å². The number of aryl methyl sites for hydroxylation is 1. The fourth-order valence-corrected chi connectivity index (χ4v) is 3.95. The standard InChI is InChI=1S/C18H19ClN2O2S/c19-12-3-1-2-10(8-12)4-7-14-16-13(20-18(24)21-17(16)22)9-15(23-14)11-5-6-11/h1-3,8,11,14-15H,4-7,9H2,(H2,20,21,22,24)/t14-,15-/m0/s1. The average Bonchev–Trinajstić information content (AvgIpc) is 3.36. The molecule has 2 atom stereocenters. The van der Waals surface area contributed by atoms with Gasteiger partial charge in [-0.2, -0.15) is 0 Å². The number of rotatable bonds is 4. The maximum Gasteiger partial charge on any atom is 0.257 e. The molecule has 1 aliphatic heterocycles. The molecular weight excluding hydrogens is 344 g/mol. The minimum atomic E-state index is -0.200. The molecule has 1 aromatic carbocycles. The lowest BCUT2D eigenvalue weighted by Crippen LogP contribution is -2.34. The molecule has 1 aliphatic carbocycles. The Balaban J connectivity index is 1.61. The summed E-state index contributed by atoms with van der Waals surface area (Å²) in [6.45, 7) is 0. The molecule has 2 N–H and O–H groups in total. The van der Waals surface area contributed by atoms with Gasteiger partial charge in [0.1, 0.15) is 0 Å². The number of benzene rings is 1. The number of hydrogen-bond acceptors (Lipinski definition) is 3. The predicted molar refractivity (Wildman–Crippen MR) is 96.1 cm³/mol. The van der Waals surface area contributed by atoms with Gasteiger partial charge in [-0.1, -0.05) is 23.7 Å². The molecule has 1 fully saturated rings. The Morgan fingerprint density at radius 3 is 2.88 bits per heavy atom. The molecule has 2 aromatic rings. The number of H-pyrrole nitrogens is 2. The van der Waals surface area contributed by atoms with Crippen LogP contribution in [0.15, 0.2) is 29.1 Å². The number of aromatic nitrogens is 2. The second kappa shape index (κ2) is 6.47. The fraction of sp³-hybridized carbons (Fsp3) is 0.444. The molecule has 0 spiro atoms. The van der Waals surface area contributed by atoms with Crippen molar-refractivity contribution in [1.29, 1.82) is 0 Å². The van der Waals surface area contributed by atoms with Crippen LogP contribution in [0.4, 0.5) is 0 Å². The first-order valence-electron chi connectivity index (χ1n) is 8.35. The van der Waals surface area contributed by atoms with E-state index in [0.29, 0.717) is 16.3 Å². The maximum absolute atomic E-state index is 12.4. The van der Waals surface area contributed by atoms with E-state index in [1.54, 1.807) is 0 Å². The van der Waals surface area contributed by atoms with Crippen LogP contribution in [0.25, 0.3) is 0 Å². The van der Waals surface area contributed by atoms with Crippen molar-refractivity contribution >= 4 is 23.8 Å². The molecule has 0 amide bonds. The summed E-state index contributed by atoms with van der Waals surface area (Å²) < 4.78 is 6.69. The molecule has 4 rings (SSSR count). The lowest BCUT2D eigenvalue weighted by molar-refractivity contribution is -0.0427. The highest BCUT2D eigenvalue weighted by Gasteiger charge is 2.39. The summed E-state index contributed by atoms with van der Waals surface area (Å²) in [7, 11) is 0. The van der Waals surface area contributed by atoms with Gasteiger partial charge < -0.3 is 9.72 Å². The van der Waals surface area contributed by atoms with Crippen molar-refractivity contribution in [2.75, 3.05) is 0 Å². The van der Waals surface area contributed by atoms with Gasteiger partial charge in [-0.3, -0.25) is 9.78 Å². The number of aromatic amines is 2. The summed E-state index contributed by atoms with van der Waals surface area (Å²) in [5, 5.41) is 0.732. The molecule has 0 radical (unpaired) electrons. The van der Waals surface area contributed by atoms with Crippen LogP contribution in [0, 0.1) is 10.7 Å². The minimum absolute atomic E-state index is 0.126. The lowest BCUT2D eigenvalue weighted by atomic mass is 9.94. The monoisotopic (exact) mass is 362 g/mol. The van der Waals surface area contributed by atoms with Crippen LogP contribution < -0.4 is 5.56 Å². The summed E-state index contributed by atoms with van der Waals surface area (Å²) in [4.78, 5) is 18.3. The average molecular weight is 363 g/mol. The van der Waals surface area contributed by atoms with Crippen molar-refractivity contribution in [2.24, 2.45) is 5.92 Å². The molecule has 0 bridgehead atoms. The van der Waals surface area contributed by atoms with Crippen molar-refractivity contribution in [3.8, 4) is 0 Å². The van der Waals surface area contributed by atoms with Crippen molar-refractivity contribution in [2.45, 2.75) is 44.3 Å². The molecule has 0 unspecified atom stereocenters. The van der Waals surface area contributed by atoms with Crippen LogP contribution in [0.2, 0.25) is 5.02 Å². The van der Waals surface area contributed by atoms with Crippen LogP contribution in [0.5, 0.6) is 0 Å². The Morgan fingerprint density at radius 1 is 1.29 bits per heavy atom. The Morgan fingerprint density at radius 2 is 2.12 bits per heavy atom. The molecule has 6 heteroatoms. The van der Waals surface area contributed by atoms with E-state index in [0.717, 1.165) is 35.5 Å². The molecular formula is C18H19ClN2O2S. The number of nitrogens with one attached hydrogen (secondary N) is 2. The lowest BCUT2D eigenvalue weighted by Gasteiger charge is -2.31. The van der Waals surface area contributed by atoms with Gasteiger partial charge in [0.2, 0.25) is 0 Å². The van der Waals surface area contributed by atoms with E-state index in [4.69, 9.17) is 28.6 Å². The minimum Gasteiger partial charge on any atom is -0.369 e. The molecule has 4 nitrogen and oxygen atoms in total. The fourth-order valence-electron chi connectivity index (χ4n) is 3.52. The molecule has 0 saturated heterocycles. The Hall–Kier alpha value is -1.43. The first kappa shape index (κ1) is 16.1. The highest BCUT2D eigenvalue weighted by atomic mass is 35.5. The highest BCUT2D eigenvalue weighted by Crippen LogP contribution is 2.41. The van der Waals surface area contributed by atoms with Crippen molar-refractivity contribution < 1.29 is 4.74 Å². The summed E-state index contributed by atoms with van der Waals surface area (Å²) in [6, 6.07) is 7.83. The number of ether oxygens (including phenoxy) is 1. The normalized spacial score (nSPS) is 23.0. The zero-order chi connectivity index (χ0) is 16.7. The van der Waals surface area contributed by atoms with Gasteiger partial charge >= 0.3 is 0 Å². The second-order valence-electron chi connectivity index (χ2n) is 6.67. The van der Waals surface area contributed by atoms with Gasteiger partial charge in [-0.25, -0.2) is 0 Å². The summed E-state index contributed by atoms with van der Waals surface area (Å²) in [5.74, 6) is 0.619. The Kier molecular flexibility index (Phi) is 4.33. The Labute approximate surface area is 150 Å². The molecule has 2 aliphatic rings. The summed E-state index contributed by atoms with van der Waals surface area (Å²) in [6.07, 6.45) is 4.74. The van der Waals surface area contributed by atoms with Gasteiger partial charge in [0.25, 0.3) is 5.56 Å². The topological polar surface area (TPSA) is 57.9 Å². The molecule has 24 heavy (non-hydrogen) atoms. The number of halogens is 1. The van der Waals surface area contributed by atoms with Gasteiger partial charge in [-0.05, 0) is 61.5 Å².